The highest BCUT2D eigenvalue weighted by atomic mass is 16.5. The van der Waals surface area contributed by atoms with Crippen molar-refractivity contribution >= 4 is 6.03 Å². The molecule has 3 aromatic rings. The molecule has 1 fully saturated rings. The lowest BCUT2D eigenvalue weighted by Crippen LogP contribution is -2.41. The first-order valence-electron chi connectivity index (χ1n) is 10.7. The molecule has 0 radical (unpaired) electrons. The van der Waals surface area contributed by atoms with Gasteiger partial charge in [-0.15, -0.1) is 0 Å². The predicted octanol–water partition coefficient (Wildman–Crippen LogP) is 3.52. The number of carbonyl (C=O) groups is 1. The van der Waals surface area contributed by atoms with Crippen molar-refractivity contribution < 1.29 is 9.53 Å². The molecule has 1 aliphatic rings. The third-order valence-corrected chi connectivity index (χ3v) is 5.67. The Kier molecular flexibility index (Phi) is 6.84. The highest BCUT2D eigenvalue weighted by molar-refractivity contribution is 5.73. The Bertz CT molecular complexity index is 966. The molecule has 2 N–H and O–H groups in total. The minimum atomic E-state index is -0.165. The molecule has 1 unspecified atom stereocenters. The van der Waals surface area contributed by atoms with Gasteiger partial charge in [0.25, 0.3) is 0 Å². The summed E-state index contributed by atoms with van der Waals surface area (Å²) in [6, 6.07) is 18.0. The van der Waals surface area contributed by atoms with E-state index >= 15 is 0 Å². The van der Waals surface area contributed by atoms with Gasteiger partial charge in [-0.2, -0.15) is 5.10 Å². The topological polar surface area (TPSA) is 71.4 Å². The molecule has 1 aliphatic heterocycles. The van der Waals surface area contributed by atoms with Gasteiger partial charge in [0.2, 0.25) is 0 Å². The second-order valence-electron chi connectivity index (χ2n) is 7.72. The highest BCUT2D eigenvalue weighted by Gasteiger charge is 2.24. The lowest BCUT2D eigenvalue weighted by Gasteiger charge is -2.28. The molecule has 1 saturated heterocycles. The number of nitrogens with zero attached hydrogens (tertiary/aromatic N) is 3. The van der Waals surface area contributed by atoms with Crippen LogP contribution in [0.5, 0.6) is 5.75 Å². The first kappa shape index (κ1) is 20.9. The number of nitrogens with one attached hydrogen (secondary N) is 2. The molecule has 1 aromatic heterocycles. The van der Waals surface area contributed by atoms with Gasteiger partial charge in [-0.1, -0.05) is 24.3 Å². The van der Waals surface area contributed by atoms with E-state index < -0.39 is 0 Å². The number of rotatable bonds is 8. The normalized spacial score (nSPS) is 14.9. The molecular formula is C24H29N5O2. The molecule has 4 rings (SSSR count). The maximum absolute atomic E-state index is 12.5. The van der Waals surface area contributed by atoms with Crippen molar-refractivity contribution in [2.75, 3.05) is 26.7 Å². The summed E-state index contributed by atoms with van der Waals surface area (Å²) in [6.45, 7) is 3.13. The van der Waals surface area contributed by atoms with Gasteiger partial charge in [-0.05, 0) is 67.4 Å². The van der Waals surface area contributed by atoms with Gasteiger partial charge >= 0.3 is 6.03 Å². The summed E-state index contributed by atoms with van der Waals surface area (Å²) in [5, 5.41) is 10.3. The van der Waals surface area contributed by atoms with Crippen molar-refractivity contribution in [2.45, 2.75) is 25.4 Å². The SMILES string of the molecule is COc1ccc(C(CNC(=O)NCc2cccc(-n3cccn3)c2)N2CCCC2)cc1. The average Bonchev–Trinajstić information content (AvgIpc) is 3.53. The molecular weight excluding hydrogens is 390 g/mol. The molecule has 0 spiro atoms. The molecule has 2 amide bonds. The van der Waals surface area contributed by atoms with Crippen LogP contribution < -0.4 is 15.4 Å². The summed E-state index contributed by atoms with van der Waals surface area (Å²) in [4.78, 5) is 14.9. The third-order valence-electron chi connectivity index (χ3n) is 5.67. The van der Waals surface area contributed by atoms with Crippen molar-refractivity contribution in [3.8, 4) is 11.4 Å². The van der Waals surface area contributed by atoms with Crippen LogP contribution in [0.1, 0.15) is 30.0 Å². The maximum atomic E-state index is 12.5. The summed E-state index contributed by atoms with van der Waals surface area (Å²) < 4.78 is 7.08. The van der Waals surface area contributed by atoms with Gasteiger partial charge in [-0.25, -0.2) is 9.48 Å². The quantitative estimate of drug-likeness (QED) is 0.586. The second-order valence-corrected chi connectivity index (χ2v) is 7.72. The van der Waals surface area contributed by atoms with E-state index in [0.717, 1.165) is 30.1 Å². The van der Waals surface area contributed by atoms with Crippen LogP contribution in [0.25, 0.3) is 5.69 Å². The fraction of sp³-hybridized carbons (Fsp3) is 0.333. The van der Waals surface area contributed by atoms with E-state index in [0.29, 0.717) is 13.1 Å². The van der Waals surface area contributed by atoms with Crippen molar-refractivity contribution in [3.63, 3.8) is 0 Å². The van der Waals surface area contributed by atoms with Gasteiger partial charge in [0.15, 0.2) is 0 Å². The van der Waals surface area contributed by atoms with Crippen LogP contribution >= 0.6 is 0 Å². The number of urea groups is 1. The number of hydrogen-bond donors (Lipinski definition) is 2. The van der Waals surface area contributed by atoms with Crippen molar-refractivity contribution in [2.24, 2.45) is 0 Å². The number of likely N-dealkylation sites (tertiary alicyclic amines) is 1. The predicted molar refractivity (Wildman–Crippen MR) is 120 cm³/mol. The lowest BCUT2D eigenvalue weighted by molar-refractivity contribution is 0.220. The van der Waals surface area contributed by atoms with Gasteiger partial charge in [-0.3, -0.25) is 4.90 Å². The molecule has 2 aromatic carbocycles. The summed E-state index contributed by atoms with van der Waals surface area (Å²) >= 11 is 0. The fourth-order valence-electron chi connectivity index (χ4n) is 4.00. The Morgan fingerprint density at radius 2 is 1.90 bits per heavy atom. The number of carbonyl (C=O) groups excluding carboxylic acids is 1. The average molecular weight is 420 g/mol. The molecule has 7 nitrogen and oxygen atoms in total. The minimum Gasteiger partial charge on any atom is -0.497 e. The van der Waals surface area contributed by atoms with Crippen LogP contribution in [-0.2, 0) is 6.54 Å². The Morgan fingerprint density at radius 1 is 1.10 bits per heavy atom. The van der Waals surface area contributed by atoms with Crippen LogP contribution in [0, 0.1) is 0 Å². The zero-order chi connectivity index (χ0) is 21.5. The van der Waals surface area contributed by atoms with Crippen LogP contribution in [-0.4, -0.2) is 47.5 Å². The monoisotopic (exact) mass is 419 g/mol. The Labute approximate surface area is 183 Å². The molecule has 0 saturated carbocycles. The Morgan fingerprint density at radius 3 is 2.61 bits per heavy atom. The van der Waals surface area contributed by atoms with Gasteiger partial charge in [0.05, 0.1) is 18.8 Å². The van der Waals surface area contributed by atoms with E-state index in [2.05, 4.69) is 32.8 Å². The molecule has 162 valence electrons. The van der Waals surface area contributed by atoms with E-state index in [1.807, 2.05) is 48.7 Å². The smallest absolute Gasteiger partial charge is 0.315 e. The molecule has 2 heterocycles. The number of methoxy groups -OCH3 is 1. The third kappa shape index (κ3) is 5.44. The Hall–Kier alpha value is -3.32. The standard InChI is InChI=1S/C24H29N5O2/c1-31-22-10-8-20(9-11-22)23(28-13-2-3-14-28)18-26-24(30)25-17-19-6-4-7-21(16-19)29-15-5-12-27-29/h4-12,15-16,23H,2-3,13-14,17-18H2,1H3,(H2,25,26,30). The maximum Gasteiger partial charge on any atom is 0.315 e. The highest BCUT2D eigenvalue weighted by Crippen LogP contribution is 2.26. The lowest BCUT2D eigenvalue weighted by atomic mass is 10.1. The van der Waals surface area contributed by atoms with Gasteiger partial charge < -0.3 is 15.4 Å². The van der Waals surface area contributed by atoms with Gasteiger partial charge in [0.1, 0.15) is 5.75 Å². The summed E-state index contributed by atoms with van der Waals surface area (Å²) in [7, 11) is 1.67. The minimum absolute atomic E-state index is 0.155. The van der Waals surface area contributed by atoms with Crippen molar-refractivity contribution in [3.05, 3.63) is 78.1 Å². The summed E-state index contributed by atoms with van der Waals surface area (Å²) in [5.74, 6) is 0.840. The zero-order valence-electron chi connectivity index (χ0n) is 17.8. The van der Waals surface area contributed by atoms with Gasteiger partial charge in [0, 0.05) is 25.5 Å². The number of hydrogen-bond acceptors (Lipinski definition) is 4. The Balaban J connectivity index is 1.34. The first-order valence-corrected chi connectivity index (χ1v) is 10.7. The van der Waals surface area contributed by atoms with Crippen molar-refractivity contribution in [1.82, 2.24) is 25.3 Å². The van der Waals surface area contributed by atoms with E-state index in [1.165, 1.54) is 18.4 Å². The molecule has 0 aliphatic carbocycles. The first-order chi connectivity index (χ1) is 15.2. The van der Waals surface area contributed by atoms with Crippen molar-refractivity contribution in [1.29, 1.82) is 0 Å². The molecule has 31 heavy (non-hydrogen) atoms. The van der Waals surface area contributed by atoms with E-state index in [9.17, 15) is 4.79 Å². The number of ether oxygens (including phenoxy) is 1. The molecule has 0 bridgehead atoms. The molecule has 7 heteroatoms. The van der Waals surface area contributed by atoms with Crippen LogP contribution in [0.15, 0.2) is 67.0 Å². The van der Waals surface area contributed by atoms with E-state index in [-0.39, 0.29) is 12.1 Å². The van der Waals surface area contributed by atoms with Crippen LogP contribution in [0.4, 0.5) is 4.79 Å². The number of amides is 2. The molecule has 1 atom stereocenters. The van der Waals surface area contributed by atoms with E-state index in [1.54, 1.807) is 18.0 Å². The van der Waals surface area contributed by atoms with Crippen LogP contribution in [0.2, 0.25) is 0 Å². The number of aromatic nitrogens is 2. The largest absolute Gasteiger partial charge is 0.497 e. The van der Waals surface area contributed by atoms with E-state index in [4.69, 9.17) is 4.74 Å². The zero-order valence-corrected chi connectivity index (χ0v) is 17.8. The van der Waals surface area contributed by atoms with Crippen LogP contribution in [0.3, 0.4) is 0 Å². The fourth-order valence-corrected chi connectivity index (χ4v) is 4.00. The summed E-state index contributed by atoms with van der Waals surface area (Å²) in [5.41, 5.74) is 3.18. The second kappa shape index (κ2) is 10.1. The summed E-state index contributed by atoms with van der Waals surface area (Å²) in [6.07, 6.45) is 6.05. The number of benzene rings is 2.